The molecule has 0 saturated heterocycles. The van der Waals surface area contributed by atoms with Gasteiger partial charge in [0, 0.05) is 35.4 Å². The summed E-state index contributed by atoms with van der Waals surface area (Å²) in [4.78, 5) is 11.7. The third kappa shape index (κ3) is 8.95. The van der Waals surface area contributed by atoms with Crippen molar-refractivity contribution >= 4 is 21.9 Å². The van der Waals surface area contributed by atoms with Crippen molar-refractivity contribution < 1.29 is 36.9 Å². The smallest absolute Gasteiger partial charge is 0.389 e. The first kappa shape index (κ1) is 24.3. The zero-order valence-electron chi connectivity index (χ0n) is 15.6. The van der Waals surface area contributed by atoms with Crippen LogP contribution >= 0.6 is 15.9 Å². The molecule has 0 amide bonds. The minimum Gasteiger partial charge on any atom is -0.511 e. The van der Waals surface area contributed by atoms with Crippen LogP contribution in [-0.4, -0.2) is 30.0 Å². The molecular weight excluding hydrogens is 448 g/mol. The molecule has 0 heterocycles. The molecule has 0 saturated carbocycles. The Morgan fingerprint density at radius 2 is 1.96 bits per heavy atom. The highest BCUT2D eigenvalue weighted by molar-refractivity contribution is 9.11. The molecule has 28 heavy (non-hydrogen) atoms. The van der Waals surface area contributed by atoms with Crippen LogP contribution in [0.4, 0.5) is 17.6 Å². The van der Waals surface area contributed by atoms with Crippen molar-refractivity contribution in [2.45, 2.75) is 58.2 Å². The fourth-order valence-corrected chi connectivity index (χ4v) is 3.01. The van der Waals surface area contributed by atoms with E-state index < -0.39 is 36.9 Å². The van der Waals surface area contributed by atoms with Crippen LogP contribution in [0.5, 0.6) is 5.75 Å². The van der Waals surface area contributed by atoms with Gasteiger partial charge in [-0.15, -0.1) is 0 Å². The molecule has 0 radical (unpaired) electrons. The van der Waals surface area contributed by atoms with Gasteiger partial charge >= 0.3 is 12.1 Å². The molecular formula is C19H23BrF4O4. The molecule has 0 bridgehead atoms. The average Bonchev–Trinajstić information content (AvgIpc) is 2.60. The van der Waals surface area contributed by atoms with Crippen LogP contribution in [0.3, 0.4) is 0 Å². The summed E-state index contributed by atoms with van der Waals surface area (Å²) in [5.41, 5.74) is 0.302. The molecule has 158 valence electrons. The zero-order chi connectivity index (χ0) is 21.3. The van der Waals surface area contributed by atoms with Crippen molar-refractivity contribution in [2.75, 3.05) is 6.61 Å². The highest BCUT2D eigenvalue weighted by Gasteiger charge is 2.30. The molecule has 1 aromatic rings. The SMILES string of the molecule is CCOC(=O)Cc1ccc(F)cc1OC(CCC(F)(F)F)C/C(Br)=C(/O)CC. The van der Waals surface area contributed by atoms with Gasteiger partial charge in [0.25, 0.3) is 0 Å². The number of benzene rings is 1. The first-order chi connectivity index (χ1) is 13.1. The van der Waals surface area contributed by atoms with Crippen LogP contribution in [0.1, 0.15) is 45.1 Å². The maximum atomic E-state index is 13.7. The van der Waals surface area contributed by atoms with E-state index >= 15 is 0 Å². The van der Waals surface area contributed by atoms with E-state index in [0.717, 1.165) is 12.1 Å². The van der Waals surface area contributed by atoms with E-state index in [1.54, 1.807) is 13.8 Å². The summed E-state index contributed by atoms with van der Waals surface area (Å²) >= 11 is 3.15. The Labute approximate surface area is 169 Å². The second-order valence-corrected chi connectivity index (χ2v) is 6.99. The van der Waals surface area contributed by atoms with Crippen molar-refractivity contribution in [1.82, 2.24) is 0 Å². The molecule has 0 fully saturated rings. The highest BCUT2D eigenvalue weighted by atomic mass is 79.9. The van der Waals surface area contributed by atoms with Crippen LogP contribution in [0.2, 0.25) is 0 Å². The summed E-state index contributed by atoms with van der Waals surface area (Å²) in [5, 5.41) is 9.78. The molecule has 1 atom stereocenters. The van der Waals surface area contributed by atoms with Gasteiger partial charge in [0.2, 0.25) is 0 Å². The normalized spacial score (nSPS) is 13.7. The number of aliphatic hydroxyl groups is 1. The summed E-state index contributed by atoms with van der Waals surface area (Å²) < 4.78 is 62.5. The number of carbonyl (C=O) groups excluding carboxylic acids is 1. The van der Waals surface area contributed by atoms with Gasteiger partial charge < -0.3 is 14.6 Å². The number of aliphatic hydroxyl groups excluding tert-OH is 1. The lowest BCUT2D eigenvalue weighted by molar-refractivity contribution is -0.142. The van der Waals surface area contributed by atoms with Crippen molar-refractivity contribution in [1.29, 1.82) is 0 Å². The fourth-order valence-electron chi connectivity index (χ4n) is 2.37. The van der Waals surface area contributed by atoms with E-state index in [0.29, 0.717) is 16.5 Å². The standard InChI is InChI=1S/C19H23BrF4O4/c1-3-16(25)15(20)11-14(7-8-19(22,23)24)28-17-10-13(21)6-5-12(17)9-18(26)27-4-2/h5-6,10,14,25H,3-4,7-9,11H2,1-2H3/b16-15-. The quantitative estimate of drug-likeness (QED) is 0.259. The Morgan fingerprint density at radius 1 is 1.29 bits per heavy atom. The summed E-state index contributed by atoms with van der Waals surface area (Å²) in [7, 11) is 0. The lowest BCUT2D eigenvalue weighted by atomic mass is 10.1. The number of ether oxygens (including phenoxy) is 2. The molecule has 1 rings (SSSR count). The van der Waals surface area contributed by atoms with Crippen molar-refractivity contribution in [2.24, 2.45) is 0 Å². The average molecular weight is 471 g/mol. The van der Waals surface area contributed by atoms with E-state index in [4.69, 9.17) is 9.47 Å². The van der Waals surface area contributed by atoms with Gasteiger partial charge in [0.15, 0.2) is 0 Å². The number of halogens is 5. The fraction of sp³-hybridized carbons (Fsp3) is 0.526. The first-order valence-electron chi connectivity index (χ1n) is 8.79. The predicted octanol–water partition coefficient (Wildman–Crippen LogP) is 5.99. The van der Waals surface area contributed by atoms with Gasteiger partial charge in [-0.05, 0) is 19.4 Å². The minimum atomic E-state index is -4.39. The summed E-state index contributed by atoms with van der Waals surface area (Å²) in [6, 6.07) is 3.48. The third-order valence-electron chi connectivity index (χ3n) is 3.77. The van der Waals surface area contributed by atoms with Crippen molar-refractivity contribution in [3.8, 4) is 5.75 Å². The molecule has 1 unspecified atom stereocenters. The molecule has 0 spiro atoms. The third-order valence-corrected chi connectivity index (χ3v) is 4.55. The number of alkyl halides is 3. The second-order valence-electron chi connectivity index (χ2n) is 6.04. The van der Waals surface area contributed by atoms with Crippen molar-refractivity contribution in [3.63, 3.8) is 0 Å². The molecule has 9 heteroatoms. The lowest BCUT2D eigenvalue weighted by Crippen LogP contribution is -2.22. The Hall–Kier alpha value is -1.77. The molecule has 0 aliphatic heterocycles. The summed E-state index contributed by atoms with van der Waals surface area (Å²) in [6.45, 7) is 3.49. The summed E-state index contributed by atoms with van der Waals surface area (Å²) in [6.07, 6.45) is -6.83. The maximum absolute atomic E-state index is 13.7. The van der Waals surface area contributed by atoms with Crippen molar-refractivity contribution in [3.05, 3.63) is 39.8 Å². The maximum Gasteiger partial charge on any atom is 0.389 e. The first-order valence-corrected chi connectivity index (χ1v) is 9.58. The van der Waals surface area contributed by atoms with Gasteiger partial charge in [-0.1, -0.05) is 28.9 Å². The molecule has 1 aromatic carbocycles. The van der Waals surface area contributed by atoms with E-state index in [-0.39, 0.29) is 31.0 Å². The number of allylic oxidation sites excluding steroid dienone is 1. The largest absolute Gasteiger partial charge is 0.511 e. The molecule has 0 aromatic heterocycles. The number of hydrogen-bond acceptors (Lipinski definition) is 4. The zero-order valence-corrected chi connectivity index (χ0v) is 17.2. The van der Waals surface area contributed by atoms with Crippen LogP contribution in [0, 0.1) is 5.82 Å². The molecule has 1 N–H and O–H groups in total. The Bertz CT molecular complexity index is 689. The van der Waals surface area contributed by atoms with Gasteiger partial charge in [0.1, 0.15) is 23.4 Å². The monoisotopic (exact) mass is 470 g/mol. The van der Waals surface area contributed by atoms with E-state index in [2.05, 4.69) is 15.9 Å². The number of carbonyl (C=O) groups is 1. The highest BCUT2D eigenvalue weighted by Crippen LogP contribution is 2.30. The lowest BCUT2D eigenvalue weighted by Gasteiger charge is -2.22. The number of hydrogen-bond donors (Lipinski definition) is 1. The number of rotatable bonds is 10. The Kier molecular flexibility index (Phi) is 9.78. The van der Waals surface area contributed by atoms with Gasteiger partial charge in [-0.3, -0.25) is 4.79 Å². The summed E-state index contributed by atoms with van der Waals surface area (Å²) in [5.74, 6) is -1.25. The van der Waals surface area contributed by atoms with Gasteiger partial charge in [-0.2, -0.15) is 13.2 Å². The van der Waals surface area contributed by atoms with Gasteiger partial charge in [-0.25, -0.2) is 4.39 Å². The molecule has 4 nitrogen and oxygen atoms in total. The van der Waals surface area contributed by atoms with E-state index in [9.17, 15) is 27.5 Å². The van der Waals surface area contributed by atoms with Crippen LogP contribution in [0.15, 0.2) is 28.4 Å². The molecule has 0 aliphatic rings. The van der Waals surface area contributed by atoms with E-state index in [1.165, 1.54) is 6.07 Å². The van der Waals surface area contributed by atoms with E-state index in [1.807, 2.05) is 0 Å². The topological polar surface area (TPSA) is 55.8 Å². The minimum absolute atomic E-state index is 0.00778. The number of esters is 1. The molecule has 0 aliphatic carbocycles. The second kappa shape index (κ2) is 11.3. The van der Waals surface area contributed by atoms with Crippen LogP contribution in [-0.2, 0) is 16.0 Å². The van der Waals surface area contributed by atoms with Crippen LogP contribution in [0.25, 0.3) is 0 Å². The van der Waals surface area contributed by atoms with Crippen LogP contribution < -0.4 is 4.74 Å². The Balaban J connectivity index is 3.08. The van der Waals surface area contributed by atoms with Gasteiger partial charge in [0.05, 0.1) is 13.0 Å². The predicted molar refractivity (Wildman–Crippen MR) is 99.9 cm³/mol. The Morgan fingerprint density at radius 3 is 2.54 bits per heavy atom.